The first-order valence-corrected chi connectivity index (χ1v) is 9.92. The van der Waals surface area contributed by atoms with Crippen LogP contribution in [-0.2, 0) is 6.18 Å². The third-order valence-electron chi connectivity index (χ3n) is 4.59. The van der Waals surface area contributed by atoms with Crippen molar-refractivity contribution in [1.29, 1.82) is 0 Å². The van der Waals surface area contributed by atoms with Gasteiger partial charge in [0, 0.05) is 19.0 Å². The van der Waals surface area contributed by atoms with Gasteiger partial charge in [-0.15, -0.1) is 22.7 Å². The molecular weight excluding hydrogens is 381 g/mol. The maximum atomic E-state index is 12.9. The van der Waals surface area contributed by atoms with Crippen molar-refractivity contribution in [3.8, 4) is 0 Å². The van der Waals surface area contributed by atoms with Gasteiger partial charge in [0.1, 0.15) is 0 Å². The lowest BCUT2D eigenvalue weighted by atomic mass is 9.97. The Bertz CT molecular complexity index is 926. The highest BCUT2D eigenvalue weighted by Crippen LogP contribution is 2.37. The average molecular weight is 396 g/mol. The van der Waals surface area contributed by atoms with Gasteiger partial charge < -0.3 is 4.90 Å². The van der Waals surface area contributed by atoms with Gasteiger partial charge in [-0.25, -0.2) is 4.98 Å². The monoisotopic (exact) mass is 396 g/mol. The molecule has 1 aliphatic heterocycles. The zero-order chi connectivity index (χ0) is 18.3. The number of piperidine rings is 1. The van der Waals surface area contributed by atoms with Crippen LogP contribution in [0.5, 0.6) is 0 Å². The van der Waals surface area contributed by atoms with Crippen LogP contribution in [0, 0.1) is 0 Å². The molecule has 1 saturated heterocycles. The standard InChI is InChI=1S/C18H15F3N2OS2/c19-18(20,21)12-3-4-14-13(10-12)22-16(26-14)11-5-7-23(8-6-11)17(24)15-2-1-9-25-15/h1-4,9-11H,5-8H2. The van der Waals surface area contributed by atoms with E-state index in [-0.39, 0.29) is 11.8 Å². The molecule has 3 nitrogen and oxygen atoms in total. The number of fused-ring (bicyclic) bond motifs is 1. The maximum Gasteiger partial charge on any atom is 0.416 e. The quantitative estimate of drug-likeness (QED) is 0.581. The summed E-state index contributed by atoms with van der Waals surface area (Å²) < 4.78 is 39.3. The van der Waals surface area contributed by atoms with Gasteiger partial charge in [0.05, 0.1) is 25.7 Å². The van der Waals surface area contributed by atoms with E-state index in [1.54, 1.807) is 0 Å². The largest absolute Gasteiger partial charge is 0.416 e. The van der Waals surface area contributed by atoms with Crippen molar-refractivity contribution in [2.24, 2.45) is 0 Å². The molecular formula is C18H15F3N2OS2. The number of carbonyl (C=O) groups excluding carboxylic acids is 1. The van der Waals surface area contributed by atoms with Gasteiger partial charge in [0.15, 0.2) is 0 Å². The molecule has 4 rings (SSSR count). The molecule has 1 aliphatic rings. The highest BCUT2D eigenvalue weighted by molar-refractivity contribution is 7.18. The Morgan fingerprint density at radius 2 is 1.96 bits per heavy atom. The predicted octanol–water partition coefficient (Wildman–Crippen LogP) is 5.40. The first-order valence-electron chi connectivity index (χ1n) is 8.22. The zero-order valence-corrected chi connectivity index (χ0v) is 15.3. The number of nitrogens with zero attached hydrogens (tertiary/aromatic N) is 2. The van der Waals surface area contributed by atoms with Crippen LogP contribution >= 0.6 is 22.7 Å². The second-order valence-corrected chi connectivity index (χ2v) is 8.29. The van der Waals surface area contributed by atoms with Crippen LogP contribution < -0.4 is 0 Å². The molecule has 2 aromatic heterocycles. The number of thiophene rings is 1. The molecule has 3 heterocycles. The van der Waals surface area contributed by atoms with E-state index in [1.165, 1.54) is 28.7 Å². The highest BCUT2D eigenvalue weighted by atomic mass is 32.1. The van der Waals surface area contributed by atoms with E-state index in [9.17, 15) is 18.0 Å². The van der Waals surface area contributed by atoms with Gasteiger partial charge in [-0.2, -0.15) is 13.2 Å². The van der Waals surface area contributed by atoms with Crippen molar-refractivity contribution in [1.82, 2.24) is 9.88 Å². The smallest absolute Gasteiger partial charge is 0.338 e. The minimum atomic E-state index is -4.36. The Balaban J connectivity index is 1.48. The van der Waals surface area contributed by atoms with Crippen molar-refractivity contribution in [3.63, 3.8) is 0 Å². The fraction of sp³-hybridized carbons (Fsp3) is 0.333. The zero-order valence-electron chi connectivity index (χ0n) is 13.6. The summed E-state index contributed by atoms with van der Waals surface area (Å²) >= 11 is 2.89. The molecule has 0 bridgehead atoms. The number of rotatable bonds is 2. The van der Waals surface area contributed by atoms with Crippen molar-refractivity contribution in [2.45, 2.75) is 24.9 Å². The summed E-state index contributed by atoms with van der Waals surface area (Å²) in [4.78, 5) is 19.4. The molecule has 1 fully saturated rings. The summed E-state index contributed by atoms with van der Waals surface area (Å²) in [5, 5.41) is 2.75. The van der Waals surface area contributed by atoms with Gasteiger partial charge in [-0.05, 0) is 42.5 Å². The summed E-state index contributed by atoms with van der Waals surface area (Å²) in [5.74, 6) is 0.242. The Morgan fingerprint density at radius 1 is 1.19 bits per heavy atom. The number of carbonyl (C=O) groups is 1. The molecule has 136 valence electrons. The Kier molecular flexibility index (Phi) is 4.48. The lowest BCUT2D eigenvalue weighted by Crippen LogP contribution is -2.37. The van der Waals surface area contributed by atoms with E-state index in [2.05, 4.69) is 4.98 Å². The van der Waals surface area contributed by atoms with Crippen molar-refractivity contribution >= 4 is 38.8 Å². The van der Waals surface area contributed by atoms with E-state index in [0.29, 0.717) is 18.6 Å². The van der Waals surface area contributed by atoms with Gasteiger partial charge >= 0.3 is 6.18 Å². The maximum absolute atomic E-state index is 12.9. The molecule has 3 aromatic rings. The summed E-state index contributed by atoms with van der Waals surface area (Å²) in [6.07, 6.45) is -2.79. The topological polar surface area (TPSA) is 33.2 Å². The van der Waals surface area contributed by atoms with E-state index in [4.69, 9.17) is 0 Å². The van der Waals surface area contributed by atoms with Gasteiger partial charge in [0.2, 0.25) is 0 Å². The van der Waals surface area contributed by atoms with Crippen molar-refractivity contribution < 1.29 is 18.0 Å². The normalized spacial score (nSPS) is 16.3. The number of hydrogen-bond donors (Lipinski definition) is 0. The number of amides is 1. The third kappa shape index (κ3) is 3.35. The molecule has 8 heteroatoms. The van der Waals surface area contributed by atoms with Crippen molar-refractivity contribution in [3.05, 3.63) is 51.2 Å². The molecule has 1 aromatic carbocycles. The molecule has 0 aliphatic carbocycles. The number of alkyl halides is 3. The molecule has 26 heavy (non-hydrogen) atoms. The summed E-state index contributed by atoms with van der Waals surface area (Å²) in [6.45, 7) is 1.29. The van der Waals surface area contributed by atoms with Crippen LogP contribution in [0.15, 0.2) is 35.7 Å². The summed E-state index contributed by atoms with van der Waals surface area (Å²) in [7, 11) is 0. The lowest BCUT2D eigenvalue weighted by Gasteiger charge is -2.30. The molecule has 0 N–H and O–H groups in total. The molecule has 0 unspecified atom stereocenters. The minimum absolute atomic E-state index is 0.0533. The highest BCUT2D eigenvalue weighted by Gasteiger charge is 2.31. The van der Waals surface area contributed by atoms with Gasteiger partial charge in [-0.1, -0.05) is 6.07 Å². The second-order valence-electron chi connectivity index (χ2n) is 6.28. The number of benzene rings is 1. The lowest BCUT2D eigenvalue weighted by molar-refractivity contribution is -0.137. The number of thiazole rings is 1. The minimum Gasteiger partial charge on any atom is -0.338 e. The van der Waals surface area contributed by atoms with Crippen LogP contribution in [0.25, 0.3) is 10.2 Å². The number of halogens is 3. The molecule has 0 spiro atoms. The third-order valence-corrected chi connectivity index (χ3v) is 6.65. The van der Waals surface area contributed by atoms with E-state index < -0.39 is 11.7 Å². The first-order chi connectivity index (χ1) is 12.4. The number of likely N-dealkylation sites (tertiary alicyclic amines) is 1. The van der Waals surface area contributed by atoms with Crippen molar-refractivity contribution in [2.75, 3.05) is 13.1 Å². The fourth-order valence-electron chi connectivity index (χ4n) is 3.18. The Morgan fingerprint density at radius 3 is 2.62 bits per heavy atom. The molecule has 0 radical (unpaired) electrons. The van der Waals surface area contributed by atoms with E-state index >= 15 is 0 Å². The SMILES string of the molecule is O=C(c1cccs1)N1CCC(c2nc3cc(C(F)(F)F)ccc3s2)CC1. The van der Waals surface area contributed by atoms with Crippen LogP contribution in [0.4, 0.5) is 13.2 Å². The summed E-state index contributed by atoms with van der Waals surface area (Å²) in [6, 6.07) is 7.40. The van der Waals surface area contributed by atoms with Gasteiger partial charge in [0.25, 0.3) is 5.91 Å². The number of aromatic nitrogens is 1. The summed E-state index contributed by atoms with van der Waals surface area (Å²) in [5.41, 5.74) is -0.268. The Labute approximate surface area is 156 Å². The Hall–Kier alpha value is -1.93. The first kappa shape index (κ1) is 17.5. The van der Waals surface area contributed by atoms with Crippen LogP contribution in [0.3, 0.4) is 0 Å². The fourth-order valence-corrected chi connectivity index (χ4v) is 4.99. The molecule has 1 amide bonds. The average Bonchev–Trinajstić information content (AvgIpc) is 3.29. The van der Waals surface area contributed by atoms with Crippen LogP contribution in [0.2, 0.25) is 0 Å². The number of hydrogen-bond acceptors (Lipinski definition) is 4. The molecule has 0 atom stereocenters. The van der Waals surface area contributed by atoms with Crippen LogP contribution in [0.1, 0.15) is 39.0 Å². The van der Waals surface area contributed by atoms with Crippen LogP contribution in [-0.4, -0.2) is 28.9 Å². The predicted molar refractivity (Wildman–Crippen MR) is 96.8 cm³/mol. The molecule has 0 saturated carbocycles. The van der Waals surface area contributed by atoms with E-state index in [1.807, 2.05) is 22.4 Å². The second kappa shape index (κ2) is 6.66. The van der Waals surface area contributed by atoms with E-state index in [0.717, 1.165) is 39.6 Å². The van der Waals surface area contributed by atoms with Gasteiger partial charge in [-0.3, -0.25) is 4.79 Å².